The summed E-state index contributed by atoms with van der Waals surface area (Å²) in [5.41, 5.74) is -0.561. The molecule has 27 heavy (non-hydrogen) atoms. The molecule has 144 valence electrons. The summed E-state index contributed by atoms with van der Waals surface area (Å²) < 4.78 is 6.05. The van der Waals surface area contributed by atoms with Crippen LogP contribution in [0.3, 0.4) is 0 Å². The van der Waals surface area contributed by atoms with Crippen molar-refractivity contribution in [2.45, 2.75) is 50.9 Å². The first-order valence-corrected chi connectivity index (χ1v) is 12.2. The average Bonchev–Trinajstić information content (AvgIpc) is 2.65. The van der Waals surface area contributed by atoms with Gasteiger partial charge >= 0.3 is 0 Å². The van der Waals surface area contributed by atoms with Crippen LogP contribution < -0.4 is 0 Å². The summed E-state index contributed by atoms with van der Waals surface area (Å²) in [5.74, 6) is -0.314. The van der Waals surface area contributed by atoms with Gasteiger partial charge in [0.1, 0.15) is 0 Å². The molecule has 0 aliphatic rings. The Morgan fingerprint density at radius 2 is 1.52 bits per heavy atom. The van der Waals surface area contributed by atoms with Gasteiger partial charge in [0.05, 0.1) is 6.26 Å². The Labute approximate surface area is 163 Å². The van der Waals surface area contributed by atoms with Crippen LogP contribution in [0.2, 0.25) is 18.1 Å². The zero-order chi connectivity index (χ0) is 20.1. The maximum Gasteiger partial charge on any atom is 0.249 e. The highest BCUT2D eigenvalue weighted by molar-refractivity contribution is 6.74. The third-order valence-corrected chi connectivity index (χ3v) is 9.68. The Bertz CT molecular complexity index is 776. The van der Waals surface area contributed by atoms with Crippen molar-refractivity contribution in [3.8, 4) is 0 Å². The van der Waals surface area contributed by atoms with E-state index in [1.54, 1.807) is 48.7 Å². The van der Waals surface area contributed by atoms with Gasteiger partial charge in [0.25, 0.3) is 0 Å². The van der Waals surface area contributed by atoms with Gasteiger partial charge in [-0.05, 0) is 29.8 Å². The van der Waals surface area contributed by atoms with E-state index in [1.165, 1.54) is 0 Å². The topological polar surface area (TPSA) is 46.5 Å². The number of rotatable bonds is 7. The number of hydrogen-bond acceptors (Lipinski definition) is 3. The van der Waals surface area contributed by atoms with Crippen molar-refractivity contribution in [2.75, 3.05) is 0 Å². The first kappa shape index (κ1) is 21.1. The fourth-order valence-electron chi connectivity index (χ4n) is 2.50. The maximum atomic E-state index is 13.1. The van der Waals surface area contributed by atoms with E-state index in [9.17, 15) is 9.90 Å². The molecule has 1 unspecified atom stereocenters. The van der Waals surface area contributed by atoms with Crippen molar-refractivity contribution in [1.29, 1.82) is 0 Å². The van der Waals surface area contributed by atoms with E-state index < -0.39 is 13.9 Å². The molecule has 0 bridgehead atoms. The second kappa shape index (κ2) is 8.24. The lowest BCUT2D eigenvalue weighted by Crippen LogP contribution is -2.39. The molecule has 2 aromatic carbocycles. The van der Waals surface area contributed by atoms with Gasteiger partial charge in [-0.2, -0.15) is 0 Å². The third kappa shape index (κ3) is 4.96. The molecule has 2 rings (SSSR count). The highest BCUT2D eigenvalue weighted by Crippen LogP contribution is 2.37. The smallest absolute Gasteiger partial charge is 0.249 e. The standard InChI is InChI=1S/C23H30O3Si/c1-22(2,3)27(4,5)26-18-12-17-23(25,20-15-10-7-11-16-20)21(24)19-13-8-6-9-14-19/h6-16,18,25H,17H2,1-5H3/b18-12+. The lowest BCUT2D eigenvalue weighted by molar-refractivity contribution is 0.0311. The third-order valence-electron chi connectivity index (χ3n) is 5.34. The predicted molar refractivity (Wildman–Crippen MR) is 113 cm³/mol. The van der Waals surface area contributed by atoms with E-state index in [0.29, 0.717) is 11.1 Å². The SMILES string of the molecule is CC(C)(C)[Si](C)(C)O/C=C/CC(O)(C(=O)c1ccccc1)c1ccccc1. The number of hydrogen-bond donors (Lipinski definition) is 1. The number of ketones is 1. The van der Waals surface area contributed by atoms with Gasteiger partial charge < -0.3 is 9.53 Å². The molecule has 0 saturated heterocycles. The molecule has 0 fully saturated rings. The van der Waals surface area contributed by atoms with E-state index in [1.807, 2.05) is 24.3 Å². The normalized spacial score (nSPS) is 14.7. The molecule has 0 aromatic heterocycles. The summed E-state index contributed by atoms with van der Waals surface area (Å²) in [6.07, 6.45) is 3.57. The van der Waals surface area contributed by atoms with Crippen molar-refractivity contribution >= 4 is 14.1 Å². The molecule has 1 N–H and O–H groups in total. The van der Waals surface area contributed by atoms with Crippen LogP contribution in [0.4, 0.5) is 0 Å². The first-order valence-electron chi connectivity index (χ1n) is 9.28. The Hall–Kier alpha value is -2.17. The summed E-state index contributed by atoms with van der Waals surface area (Å²) in [4.78, 5) is 13.1. The molecule has 2 aromatic rings. The van der Waals surface area contributed by atoms with Gasteiger partial charge in [0.2, 0.25) is 8.32 Å². The van der Waals surface area contributed by atoms with Crippen molar-refractivity contribution in [1.82, 2.24) is 0 Å². The van der Waals surface area contributed by atoms with Crippen LogP contribution in [0, 0.1) is 0 Å². The highest BCUT2D eigenvalue weighted by Gasteiger charge is 2.39. The molecule has 0 amide bonds. The Morgan fingerprint density at radius 1 is 1.00 bits per heavy atom. The molecular formula is C23H30O3Si. The predicted octanol–water partition coefficient (Wildman–Crippen LogP) is 5.68. The molecule has 0 aliphatic carbocycles. The Kier molecular flexibility index (Phi) is 6.45. The van der Waals surface area contributed by atoms with Crippen LogP contribution >= 0.6 is 0 Å². The number of aliphatic hydroxyl groups is 1. The first-order chi connectivity index (χ1) is 12.6. The van der Waals surface area contributed by atoms with Gasteiger partial charge in [-0.1, -0.05) is 81.4 Å². The summed E-state index contributed by atoms with van der Waals surface area (Å²) in [5, 5.41) is 11.4. The molecule has 1 atom stereocenters. The molecule has 4 heteroatoms. The average molecular weight is 383 g/mol. The molecular weight excluding hydrogens is 352 g/mol. The second-order valence-corrected chi connectivity index (χ2v) is 13.1. The zero-order valence-electron chi connectivity index (χ0n) is 16.9. The number of carbonyl (C=O) groups is 1. The zero-order valence-corrected chi connectivity index (χ0v) is 17.9. The minimum Gasteiger partial charge on any atom is -0.549 e. The van der Waals surface area contributed by atoms with Crippen LogP contribution in [0.15, 0.2) is 73.0 Å². The second-order valence-electron chi connectivity index (χ2n) is 8.38. The van der Waals surface area contributed by atoms with E-state index in [4.69, 9.17) is 4.43 Å². The number of carbonyl (C=O) groups excluding carboxylic acids is 1. The largest absolute Gasteiger partial charge is 0.549 e. The van der Waals surface area contributed by atoms with E-state index in [0.717, 1.165) is 0 Å². The fraction of sp³-hybridized carbons (Fsp3) is 0.348. The van der Waals surface area contributed by atoms with Crippen molar-refractivity contribution in [3.63, 3.8) is 0 Å². The van der Waals surface area contributed by atoms with Crippen LogP contribution in [-0.4, -0.2) is 19.2 Å². The van der Waals surface area contributed by atoms with Crippen molar-refractivity contribution in [3.05, 3.63) is 84.1 Å². The molecule has 0 heterocycles. The molecule has 0 aliphatic heterocycles. The summed E-state index contributed by atoms with van der Waals surface area (Å²) in [6.45, 7) is 10.8. The van der Waals surface area contributed by atoms with Crippen LogP contribution in [-0.2, 0) is 10.0 Å². The number of Topliss-reactive ketones (excluding diaryl/α,β-unsaturated/α-hetero) is 1. The van der Waals surface area contributed by atoms with E-state index >= 15 is 0 Å². The lowest BCUT2D eigenvalue weighted by Gasteiger charge is -2.35. The summed E-state index contributed by atoms with van der Waals surface area (Å²) in [7, 11) is -1.93. The summed E-state index contributed by atoms with van der Waals surface area (Å²) in [6, 6.07) is 18.0. The minimum absolute atomic E-state index is 0.0902. The molecule has 3 nitrogen and oxygen atoms in total. The summed E-state index contributed by atoms with van der Waals surface area (Å²) >= 11 is 0. The van der Waals surface area contributed by atoms with E-state index in [-0.39, 0.29) is 17.2 Å². The van der Waals surface area contributed by atoms with Gasteiger partial charge in [-0.15, -0.1) is 0 Å². The van der Waals surface area contributed by atoms with Gasteiger partial charge in [-0.3, -0.25) is 4.79 Å². The van der Waals surface area contributed by atoms with Gasteiger partial charge in [0, 0.05) is 12.0 Å². The highest BCUT2D eigenvalue weighted by atomic mass is 28.4. The van der Waals surface area contributed by atoms with Crippen molar-refractivity contribution < 1.29 is 14.3 Å². The van der Waals surface area contributed by atoms with Crippen LogP contribution in [0.5, 0.6) is 0 Å². The van der Waals surface area contributed by atoms with Crippen LogP contribution in [0.25, 0.3) is 0 Å². The Balaban J connectivity index is 2.27. The van der Waals surface area contributed by atoms with Crippen LogP contribution in [0.1, 0.15) is 43.1 Å². The number of benzene rings is 2. The maximum absolute atomic E-state index is 13.1. The molecule has 0 radical (unpaired) electrons. The Morgan fingerprint density at radius 3 is 2.04 bits per heavy atom. The lowest BCUT2D eigenvalue weighted by atomic mass is 9.83. The van der Waals surface area contributed by atoms with Crippen molar-refractivity contribution in [2.24, 2.45) is 0 Å². The minimum atomic E-state index is -1.93. The quantitative estimate of drug-likeness (QED) is 0.380. The van der Waals surface area contributed by atoms with Gasteiger partial charge in [-0.25, -0.2) is 0 Å². The van der Waals surface area contributed by atoms with E-state index in [2.05, 4.69) is 33.9 Å². The fourth-order valence-corrected chi connectivity index (χ4v) is 3.29. The molecule has 0 saturated carbocycles. The van der Waals surface area contributed by atoms with Gasteiger partial charge in [0.15, 0.2) is 11.4 Å². The monoisotopic (exact) mass is 382 g/mol. The molecule has 0 spiro atoms.